The molecule has 1 aromatic heterocycles. The minimum Gasteiger partial charge on any atom is -0.268 e. The van der Waals surface area contributed by atoms with Crippen molar-refractivity contribution in [2.24, 2.45) is 0 Å². The first kappa shape index (κ1) is 16.1. The van der Waals surface area contributed by atoms with Crippen LogP contribution in [0.2, 0.25) is 5.02 Å². The van der Waals surface area contributed by atoms with Gasteiger partial charge in [-0.1, -0.05) is 57.9 Å². The van der Waals surface area contributed by atoms with E-state index in [4.69, 9.17) is 16.6 Å². The Labute approximate surface area is 157 Å². The molecule has 0 aliphatic rings. The van der Waals surface area contributed by atoms with E-state index in [9.17, 15) is 4.79 Å². The van der Waals surface area contributed by atoms with Crippen LogP contribution in [0.4, 0.5) is 0 Å². The summed E-state index contributed by atoms with van der Waals surface area (Å²) < 4.78 is 2.50. The third-order valence-electron chi connectivity index (χ3n) is 3.98. The summed E-state index contributed by atoms with van der Waals surface area (Å²) in [7, 11) is 0. The third-order valence-corrected chi connectivity index (χ3v) is 4.92. The van der Waals surface area contributed by atoms with Gasteiger partial charge in [-0.2, -0.15) is 0 Å². The lowest BCUT2D eigenvalue weighted by Crippen LogP contribution is -2.22. The molecule has 0 spiro atoms. The number of rotatable bonds is 2. The zero-order chi connectivity index (χ0) is 17.4. The summed E-state index contributed by atoms with van der Waals surface area (Å²) in [5.41, 5.74) is 2.13. The molecule has 0 amide bonds. The van der Waals surface area contributed by atoms with Crippen molar-refractivity contribution < 1.29 is 0 Å². The highest BCUT2D eigenvalue weighted by atomic mass is 79.9. The van der Waals surface area contributed by atoms with Crippen LogP contribution in [0.3, 0.4) is 0 Å². The topological polar surface area (TPSA) is 34.9 Å². The monoisotopic (exact) mass is 410 g/mol. The van der Waals surface area contributed by atoms with E-state index in [0.29, 0.717) is 21.7 Å². The summed E-state index contributed by atoms with van der Waals surface area (Å²) in [6, 6.07) is 22.3. The van der Waals surface area contributed by atoms with Gasteiger partial charge in [0.15, 0.2) is 0 Å². The van der Waals surface area contributed by atoms with Gasteiger partial charge < -0.3 is 0 Å². The first-order chi connectivity index (χ1) is 12.1. The van der Waals surface area contributed by atoms with E-state index in [1.165, 1.54) is 0 Å². The van der Waals surface area contributed by atoms with Crippen LogP contribution < -0.4 is 5.56 Å². The molecule has 1 heterocycles. The van der Waals surface area contributed by atoms with E-state index in [2.05, 4.69) is 15.9 Å². The van der Waals surface area contributed by atoms with Gasteiger partial charge in [-0.3, -0.25) is 9.36 Å². The second-order valence-corrected chi connectivity index (χ2v) is 6.84. The molecule has 0 aliphatic heterocycles. The van der Waals surface area contributed by atoms with Crippen LogP contribution in [0.1, 0.15) is 0 Å². The van der Waals surface area contributed by atoms with Crippen LogP contribution in [0.15, 0.2) is 82.1 Å². The Hall–Kier alpha value is -2.43. The van der Waals surface area contributed by atoms with Crippen LogP contribution in [-0.2, 0) is 0 Å². The second kappa shape index (κ2) is 6.47. The molecule has 0 atom stereocenters. The van der Waals surface area contributed by atoms with Crippen molar-refractivity contribution in [3.63, 3.8) is 0 Å². The summed E-state index contributed by atoms with van der Waals surface area (Å²) in [6.45, 7) is 0. The van der Waals surface area contributed by atoms with Crippen molar-refractivity contribution in [3.8, 4) is 17.1 Å². The molecule has 4 rings (SSSR count). The molecule has 4 aromatic rings. The van der Waals surface area contributed by atoms with Crippen molar-refractivity contribution in [2.75, 3.05) is 0 Å². The molecular weight excluding hydrogens is 400 g/mol. The molecule has 25 heavy (non-hydrogen) atoms. The van der Waals surface area contributed by atoms with E-state index < -0.39 is 0 Å². The Morgan fingerprint density at radius 3 is 2.32 bits per heavy atom. The van der Waals surface area contributed by atoms with Gasteiger partial charge in [0.25, 0.3) is 5.56 Å². The quantitative estimate of drug-likeness (QED) is 0.438. The van der Waals surface area contributed by atoms with E-state index in [1.807, 2.05) is 54.6 Å². The van der Waals surface area contributed by atoms with Crippen LogP contribution in [0.5, 0.6) is 0 Å². The molecule has 0 fully saturated rings. The lowest BCUT2D eigenvalue weighted by atomic mass is 10.1. The maximum Gasteiger partial charge on any atom is 0.266 e. The van der Waals surface area contributed by atoms with E-state index >= 15 is 0 Å². The molecule has 0 saturated heterocycles. The lowest BCUT2D eigenvalue weighted by molar-refractivity contribution is 0.975. The first-order valence-corrected chi connectivity index (χ1v) is 8.85. The van der Waals surface area contributed by atoms with Gasteiger partial charge in [0.05, 0.1) is 16.6 Å². The number of aromatic nitrogens is 2. The Morgan fingerprint density at radius 2 is 1.56 bits per heavy atom. The largest absolute Gasteiger partial charge is 0.268 e. The zero-order valence-corrected chi connectivity index (χ0v) is 15.3. The number of benzene rings is 3. The zero-order valence-electron chi connectivity index (χ0n) is 13.0. The molecular formula is C20H12BrClN2O. The van der Waals surface area contributed by atoms with Crippen molar-refractivity contribution in [3.05, 3.63) is 92.6 Å². The van der Waals surface area contributed by atoms with Gasteiger partial charge in [-0.25, -0.2) is 4.98 Å². The number of halogens is 2. The second-order valence-electron chi connectivity index (χ2n) is 5.55. The van der Waals surface area contributed by atoms with Gasteiger partial charge in [0.1, 0.15) is 5.82 Å². The van der Waals surface area contributed by atoms with Gasteiger partial charge >= 0.3 is 0 Å². The molecule has 122 valence electrons. The van der Waals surface area contributed by atoms with Gasteiger partial charge in [0, 0.05) is 15.1 Å². The third kappa shape index (κ3) is 2.88. The van der Waals surface area contributed by atoms with Crippen LogP contribution in [0, 0.1) is 0 Å². The summed E-state index contributed by atoms with van der Waals surface area (Å²) >= 11 is 9.57. The number of nitrogens with zero attached hydrogens (tertiary/aromatic N) is 2. The predicted octanol–water partition coefficient (Wildman–Crippen LogP) is 5.47. The highest BCUT2D eigenvalue weighted by Gasteiger charge is 2.16. The maximum absolute atomic E-state index is 13.2. The minimum atomic E-state index is -0.112. The molecule has 5 heteroatoms. The molecule has 0 saturated carbocycles. The fourth-order valence-electron chi connectivity index (χ4n) is 2.79. The van der Waals surface area contributed by atoms with Crippen LogP contribution in [-0.4, -0.2) is 9.55 Å². The Bertz CT molecular complexity index is 1140. The number of hydrogen-bond donors (Lipinski definition) is 0. The summed E-state index contributed by atoms with van der Waals surface area (Å²) in [6.07, 6.45) is 0. The van der Waals surface area contributed by atoms with Crippen molar-refractivity contribution >= 4 is 38.4 Å². The summed E-state index contributed by atoms with van der Waals surface area (Å²) in [5, 5.41) is 1.20. The van der Waals surface area contributed by atoms with Crippen molar-refractivity contribution in [1.82, 2.24) is 9.55 Å². The van der Waals surface area contributed by atoms with E-state index in [0.717, 1.165) is 15.7 Å². The lowest BCUT2D eigenvalue weighted by Gasteiger charge is -2.15. The normalized spacial score (nSPS) is 11.0. The first-order valence-electron chi connectivity index (χ1n) is 7.68. The highest BCUT2D eigenvalue weighted by Crippen LogP contribution is 2.28. The fourth-order valence-corrected chi connectivity index (χ4v) is 3.37. The number of fused-ring (bicyclic) bond motifs is 1. The average molecular weight is 412 g/mol. The molecule has 0 bridgehead atoms. The van der Waals surface area contributed by atoms with Gasteiger partial charge in [0.2, 0.25) is 0 Å². The SMILES string of the molecule is O=c1c2ccccc2nc(-c2ccccc2Br)n1-c1ccc(Cl)cc1. The predicted molar refractivity (Wildman–Crippen MR) is 105 cm³/mol. The number of hydrogen-bond acceptors (Lipinski definition) is 2. The Kier molecular flexibility index (Phi) is 4.15. The summed E-state index contributed by atoms with van der Waals surface area (Å²) in [4.78, 5) is 18.0. The molecule has 0 aliphatic carbocycles. The van der Waals surface area contributed by atoms with Crippen LogP contribution in [0.25, 0.3) is 28.0 Å². The van der Waals surface area contributed by atoms with Crippen molar-refractivity contribution in [1.29, 1.82) is 0 Å². The van der Waals surface area contributed by atoms with E-state index in [1.54, 1.807) is 22.8 Å². The Morgan fingerprint density at radius 1 is 0.880 bits per heavy atom. The number of para-hydroxylation sites is 1. The summed E-state index contributed by atoms with van der Waals surface area (Å²) in [5.74, 6) is 0.582. The van der Waals surface area contributed by atoms with Crippen LogP contribution >= 0.6 is 27.5 Å². The van der Waals surface area contributed by atoms with Gasteiger partial charge in [-0.15, -0.1) is 0 Å². The smallest absolute Gasteiger partial charge is 0.266 e. The van der Waals surface area contributed by atoms with Gasteiger partial charge in [-0.05, 0) is 42.5 Å². The molecule has 3 nitrogen and oxygen atoms in total. The standard InChI is InChI=1S/C20H12BrClN2O/c21-17-7-3-1-5-15(17)19-23-18-8-4-2-6-16(18)20(25)24(19)14-11-9-13(22)10-12-14/h1-12H. The molecule has 3 aromatic carbocycles. The average Bonchev–Trinajstić information content (AvgIpc) is 2.63. The Balaban J connectivity index is 2.13. The highest BCUT2D eigenvalue weighted by molar-refractivity contribution is 9.10. The molecule has 0 unspecified atom stereocenters. The minimum absolute atomic E-state index is 0.112. The molecule has 0 radical (unpaired) electrons. The van der Waals surface area contributed by atoms with E-state index in [-0.39, 0.29) is 5.56 Å². The van der Waals surface area contributed by atoms with Crippen molar-refractivity contribution in [2.45, 2.75) is 0 Å². The maximum atomic E-state index is 13.2. The fraction of sp³-hybridized carbons (Fsp3) is 0. The molecule has 0 N–H and O–H groups in total.